The molecule has 0 aromatic heterocycles. The van der Waals surface area contributed by atoms with Crippen molar-refractivity contribution in [2.24, 2.45) is 0 Å². The molecular weight excluding hydrogens is 234 g/mol. The van der Waals surface area contributed by atoms with Crippen molar-refractivity contribution in [3.8, 4) is 5.75 Å². The van der Waals surface area contributed by atoms with Crippen LogP contribution in [0.5, 0.6) is 5.75 Å². The molecule has 0 bridgehead atoms. The first kappa shape index (κ1) is 13.6. The van der Waals surface area contributed by atoms with E-state index in [9.17, 15) is 0 Å². The Balaban J connectivity index is 2.03. The lowest BCUT2D eigenvalue weighted by Gasteiger charge is -2.20. The van der Waals surface area contributed by atoms with Crippen molar-refractivity contribution < 1.29 is 4.74 Å². The van der Waals surface area contributed by atoms with Crippen molar-refractivity contribution in [1.82, 2.24) is 4.90 Å². The Hall–Kier alpha value is -1.80. The maximum absolute atomic E-state index is 5.84. The Labute approximate surface area is 115 Å². The highest BCUT2D eigenvalue weighted by Gasteiger charge is 2.08. The molecule has 2 nitrogen and oxygen atoms in total. The van der Waals surface area contributed by atoms with Gasteiger partial charge in [-0.2, -0.15) is 0 Å². The minimum atomic E-state index is 0.389. The van der Waals surface area contributed by atoms with Gasteiger partial charge in [-0.25, -0.2) is 0 Å². The van der Waals surface area contributed by atoms with Crippen LogP contribution in [0.3, 0.4) is 0 Å². The predicted molar refractivity (Wildman–Crippen MR) is 79.3 cm³/mol. The van der Waals surface area contributed by atoms with Crippen LogP contribution in [-0.4, -0.2) is 19.0 Å². The summed E-state index contributed by atoms with van der Waals surface area (Å²) in [6.07, 6.45) is 0. The van der Waals surface area contributed by atoms with Crippen LogP contribution in [0.15, 0.2) is 54.6 Å². The van der Waals surface area contributed by atoms with E-state index in [0.717, 1.165) is 5.75 Å². The Morgan fingerprint density at radius 1 is 1.00 bits per heavy atom. The van der Waals surface area contributed by atoms with Gasteiger partial charge in [0.1, 0.15) is 12.4 Å². The molecule has 2 heteroatoms. The summed E-state index contributed by atoms with van der Waals surface area (Å²) in [5.74, 6) is 0.926. The molecule has 0 radical (unpaired) electrons. The Kier molecular flexibility index (Phi) is 4.58. The molecule has 0 spiro atoms. The van der Waals surface area contributed by atoms with Crippen LogP contribution >= 0.6 is 0 Å². The average molecular weight is 255 g/mol. The first-order valence-electron chi connectivity index (χ1n) is 6.60. The first-order valence-corrected chi connectivity index (χ1v) is 6.60. The molecule has 0 aliphatic heterocycles. The summed E-state index contributed by atoms with van der Waals surface area (Å²) in [5, 5.41) is 0. The summed E-state index contributed by atoms with van der Waals surface area (Å²) in [4.78, 5) is 2.19. The molecule has 2 aromatic carbocycles. The zero-order valence-electron chi connectivity index (χ0n) is 11.8. The number of hydrogen-bond donors (Lipinski definition) is 0. The Morgan fingerprint density at radius 3 is 2.42 bits per heavy atom. The highest BCUT2D eigenvalue weighted by atomic mass is 16.5. The van der Waals surface area contributed by atoms with Gasteiger partial charge in [-0.1, -0.05) is 42.5 Å². The van der Waals surface area contributed by atoms with E-state index >= 15 is 0 Å². The fourth-order valence-corrected chi connectivity index (χ4v) is 1.90. The topological polar surface area (TPSA) is 12.5 Å². The fraction of sp³-hybridized carbons (Fsp3) is 0.294. The van der Waals surface area contributed by atoms with Gasteiger partial charge in [0.2, 0.25) is 0 Å². The van der Waals surface area contributed by atoms with Crippen molar-refractivity contribution in [2.75, 3.05) is 14.1 Å². The molecule has 2 rings (SSSR count). The predicted octanol–water partition coefficient (Wildman–Crippen LogP) is 3.89. The molecule has 2 aromatic rings. The quantitative estimate of drug-likeness (QED) is 0.803. The minimum Gasteiger partial charge on any atom is -0.489 e. The second-order valence-corrected chi connectivity index (χ2v) is 4.99. The van der Waals surface area contributed by atoms with Crippen LogP contribution in [0.4, 0.5) is 0 Å². The van der Waals surface area contributed by atoms with E-state index in [-0.39, 0.29) is 0 Å². The number of rotatable bonds is 5. The summed E-state index contributed by atoms with van der Waals surface area (Å²) < 4.78 is 5.84. The summed E-state index contributed by atoms with van der Waals surface area (Å²) in [7, 11) is 4.17. The van der Waals surface area contributed by atoms with Crippen molar-refractivity contribution >= 4 is 0 Å². The van der Waals surface area contributed by atoms with Gasteiger partial charge in [0.05, 0.1) is 0 Å². The lowest BCUT2D eigenvalue weighted by Crippen LogP contribution is -2.16. The molecule has 0 saturated carbocycles. The standard InChI is InChI=1S/C17H21NO/c1-14(18(2)3)16-10-7-11-17(12-16)19-13-15-8-5-4-6-9-15/h4-12,14H,13H2,1-3H3. The molecule has 0 heterocycles. The fourth-order valence-electron chi connectivity index (χ4n) is 1.90. The molecule has 19 heavy (non-hydrogen) atoms. The van der Waals surface area contributed by atoms with Gasteiger partial charge >= 0.3 is 0 Å². The highest BCUT2D eigenvalue weighted by molar-refractivity contribution is 5.30. The number of benzene rings is 2. The van der Waals surface area contributed by atoms with Crippen molar-refractivity contribution in [3.63, 3.8) is 0 Å². The van der Waals surface area contributed by atoms with Crippen molar-refractivity contribution in [3.05, 3.63) is 65.7 Å². The molecule has 0 fully saturated rings. The van der Waals surface area contributed by atoms with E-state index in [2.05, 4.69) is 56.3 Å². The van der Waals surface area contributed by atoms with E-state index in [1.54, 1.807) is 0 Å². The van der Waals surface area contributed by atoms with E-state index in [1.165, 1.54) is 11.1 Å². The molecule has 0 amide bonds. The lowest BCUT2D eigenvalue weighted by atomic mass is 10.1. The molecule has 0 aliphatic rings. The average Bonchev–Trinajstić information content (AvgIpc) is 2.45. The summed E-state index contributed by atoms with van der Waals surface area (Å²) in [6.45, 7) is 2.80. The Morgan fingerprint density at radius 2 is 1.74 bits per heavy atom. The Bertz CT molecular complexity index is 508. The largest absolute Gasteiger partial charge is 0.489 e. The summed E-state index contributed by atoms with van der Waals surface area (Å²) in [6, 6.07) is 18.9. The third-order valence-electron chi connectivity index (χ3n) is 3.36. The van der Waals surface area contributed by atoms with E-state index in [1.807, 2.05) is 24.3 Å². The van der Waals surface area contributed by atoms with Crippen LogP contribution in [0.25, 0.3) is 0 Å². The van der Waals surface area contributed by atoms with Gasteiger partial charge in [0, 0.05) is 6.04 Å². The van der Waals surface area contributed by atoms with E-state index in [0.29, 0.717) is 12.6 Å². The normalized spacial score (nSPS) is 12.4. The molecule has 1 atom stereocenters. The third kappa shape index (κ3) is 3.83. The van der Waals surface area contributed by atoms with Crippen molar-refractivity contribution in [2.45, 2.75) is 19.6 Å². The zero-order valence-corrected chi connectivity index (χ0v) is 11.8. The molecule has 100 valence electrons. The lowest BCUT2D eigenvalue weighted by molar-refractivity contribution is 0.300. The van der Waals surface area contributed by atoms with Crippen LogP contribution in [-0.2, 0) is 6.61 Å². The van der Waals surface area contributed by atoms with Gasteiger partial charge in [-0.05, 0) is 44.3 Å². The molecule has 0 aliphatic carbocycles. The smallest absolute Gasteiger partial charge is 0.120 e. The van der Waals surface area contributed by atoms with Crippen LogP contribution in [0.1, 0.15) is 24.1 Å². The summed E-state index contributed by atoms with van der Waals surface area (Å²) in [5.41, 5.74) is 2.46. The second-order valence-electron chi connectivity index (χ2n) is 4.99. The van der Waals surface area contributed by atoms with Gasteiger partial charge in [0.15, 0.2) is 0 Å². The van der Waals surface area contributed by atoms with Gasteiger partial charge in [-0.3, -0.25) is 0 Å². The number of hydrogen-bond acceptors (Lipinski definition) is 2. The summed E-state index contributed by atoms with van der Waals surface area (Å²) >= 11 is 0. The zero-order chi connectivity index (χ0) is 13.7. The first-order chi connectivity index (χ1) is 9.16. The third-order valence-corrected chi connectivity index (χ3v) is 3.36. The second kappa shape index (κ2) is 6.39. The molecular formula is C17H21NO. The van der Waals surface area contributed by atoms with Crippen molar-refractivity contribution in [1.29, 1.82) is 0 Å². The number of ether oxygens (including phenoxy) is 1. The number of nitrogens with zero attached hydrogens (tertiary/aromatic N) is 1. The monoisotopic (exact) mass is 255 g/mol. The van der Waals surface area contributed by atoms with Crippen LogP contribution in [0.2, 0.25) is 0 Å². The molecule has 0 N–H and O–H groups in total. The van der Waals surface area contributed by atoms with E-state index in [4.69, 9.17) is 4.74 Å². The van der Waals surface area contributed by atoms with Crippen LogP contribution < -0.4 is 4.74 Å². The minimum absolute atomic E-state index is 0.389. The van der Waals surface area contributed by atoms with Gasteiger partial charge in [-0.15, -0.1) is 0 Å². The molecule has 1 unspecified atom stereocenters. The SMILES string of the molecule is CC(c1cccc(OCc2ccccc2)c1)N(C)C. The van der Waals surface area contributed by atoms with Gasteiger partial charge in [0.25, 0.3) is 0 Å². The van der Waals surface area contributed by atoms with Gasteiger partial charge < -0.3 is 9.64 Å². The molecule has 0 saturated heterocycles. The van der Waals surface area contributed by atoms with Crippen LogP contribution in [0, 0.1) is 0 Å². The van der Waals surface area contributed by atoms with E-state index < -0.39 is 0 Å². The maximum Gasteiger partial charge on any atom is 0.120 e. The maximum atomic E-state index is 5.84. The highest BCUT2D eigenvalue weighted by Crippen LogP contribution is 2.22.